The van der Waals surface area contributed by atoms with Gasteiger partial charge < -0.3 is 0 Å². The van der Waals surface area contributed by atoms with E-state index >= 15 is 4.39 Å². The van der Waals surface area contributed by atoms with E-state index < -0.39 is 41.3 Å². The van der Waals surface area contributed by atoms with Crippen molar-refractivity contribution >= 4 is 0 Å². The number of halogens is 6. The maximum absolute atomic E-state index is 15.1. The average Bonchev–Trinajstić information content (AvgIpc) is 2.88. The highest BCUT2D eigenvalue weighted by Crippen LogP contribution is 2.33. The van der Waals surface area contributed by atoms with E-state index in [9.17, 15) is 22.0 Å². The van der Waals surface area contributed by atoms with Gasteiger partial charge in [-0.1, -0.05) is 68.3 Å². The first-order chi connectivity index (χ1) is 18.3. The van der Waals surface area contributed by atoms with E-state index in [0.29, 0.717) is 11.6 Å². The molecule has 0 spiro atoms. The van der Waals surface area contributed by atoms with Gasteiger partial charge in [0.25, 0.3) is 6.08 Å². The van der Waals surface area contributed by atoms with Gasteiger partial charge in [0, 0.05) is 23.1 Å². The lowest BCUT2D eigenvalue weighted by Crippen LogP contribution is -1.97. The molecule has 0 atom stereocenters. The maximum atomic E-state index is 15.1. The van der Waals surface area contributed by atoms with Crippen LogP contribution in [0.15, 0.2) is 85.0 Å². The predicted molar refractivity (Wildman–Crippen MR) is 140 cm³/mol. The number of benzene rings is 4. The third-order valence-electron chi connectivity index (χ3n) is 6.52. The van der Waals surface area contributed by atoms with Crippen molar-refractivity contribution in [1.29, 1.82) is 0 Å². The summed E-state index contributed by atoms with van der Waals surface area (Å²) in [5.41, 5.74) is 2.52. The SMILES string of the molecule is CCCCCc1ccc(-c2ccc(-c3ccc(-c4cc(F)c(CC=C(F)F)c(F)c4)c(F)c3)c(F)c2)cc1. The summed E-state index contributed by atoms with van der Waals surface area (Å²) >= 11 is 0. The van der Waals surface area contributed by atoms with Gasteiger partial charge in [-0.2, -0.15) is 8.78 Å². The van der Waals surface area contributed by atoms with Crippen LogP contribution in [-0.2, 0) is 12.8 Å². The van der Waals surface area contributed by atoms with Crippen molar-refractivity contribution in [1.82, 2.24) is 0 Å². The zero-order chi connectivity index (χ0) is 27.2. The van der Waals surface area contributed by atoms with Crippen LogP contribution in [0.4, 0.5) is 26.3 Å². The summed E-state index contributed by atoms with van der Waals surface area (Å²) in [4.78, 5) is 0. The highest BCUT2D eigenvalue weighted by molar-refractivity contribution is 5.74. The zero-order valence-electron chi connectivity index (χ0n) is 20.8. The van der Waals surface area contributed by atoms with Gasteiger partial charge in [0.05, 0.1) is 0 Å². The van der Waals surface area contributed by atoms with Crippen molar-refractivity contribution in [3.05, 3.63) is 119 Å². The Labute approximate surface area is 218 Å². The molecule has 0 radical (unpaired) electrons. The summed E-state index contributed by atoms with van der Waals surface area (Å²) in [6.07, 6.45) is 2.19. The van der Waals surface area contributed by atoms with Crippen molar-refractivity contribution < 1.29 is 26.3 Å². The number of aryl methyl sites for hydroxylation is 1. The molecular formula is C32H26F6. The van der Waals surface area contributed by atoms with Gasteiger partial charge in [-0.15, -0.1) is 0 Å². The van der Waals surface area contributed by atoms with Crippen molar-refractivity contribution in [2.75, 3.05) is 0 Å². The van der Waals surface area contributed by atoms with Crippen molar-refractivity contribution in [3.63, 3.8) is 0 Å². The molecule has 0 aliphatic carbocycles. The second-order valence-electron chi connectivity index (χ2n) is 9.16. The van der Waals surface area contributed by atoms with E-state index in [2.05, 4.69) is 6.92 Å². The van der Waals surface area contributed by atoms with E-state index in [4.69, 9.17) is 0 Å². The summed E-state index contributed by atoms with van der Waals surface area (Å²) in [5, 5.41) is 0. The number of unbranched alkanes of at least 4 members (excludes halogenated alkanes) is 2. The number of hydrogen-bond donors (Lipinski definition) is 0. The smallest absolute Gasteiger partial charge is 0.207 e. The molecular weight excluding hydrogens is 498 g/mol. The fourth-order valence-electron chi connectivity index (χ4n) is 4.42. The van der Waals surface area contributed by atoms with Crippen LogP contribution in [0, 0.1) is 23.3 Å². The molecule has 4 rings (SSSR count). The number of hydrogen-bond acceptors (Lipinski definition) is 0. The lowest BCUT2D eigenvalue weighted by Gasteiger charge is -2.11. The molecule has 4 aromatic rings. The van der Waals surface area contributed by atoms with Crippen LogP contribution >= 0.6 is 0 Å². The van der Waals surface area contributed by atoms with E-state index in [0.717, 1.165) is 43.0 Å². The molecule has 0 unspecified atom stereocenters. The third-order valence-corrected chi connectivity index (χ3v) is 6.52. The Balaban J connectivity index is 1.56. The fraction of sp³-hybridized carbons (Fsp3) is 0.188. The summed E-state index contributed by atoms with van der Waals surface area (Å²) < 4.78 is 83.4. The van der Waals surface area contributed by atoms with Crippen LogP contribution in [0.2, 0.25) is 0 Å². The van der Waals surface area contributed by atoms with Gasteiger partial charge in [0.15, 0.2) is 0 Å². The summed E-state index contributed by atoms with van der Waals surface area (Å²) in [5.74, 6) is -3.45. The predicted octanol–water partition coefficient (Wildman–Crippen LogP) is 10.3. The minimum absolute atomic E-state index is 0.0912. The molecule has 0 bridgehead atoms. The minimum Gasteiger partial charge on any atom is -0.207 e. The molecule has 4 aromatic carbocycles. The van der Waals surface area contributed by atoms with Crippen LogP contribution in [0.25, 0.3) is 33.4 Å². The highest BCUT2D eigenvalue weighted by atomic mass is 19.3. The molecule has 0 aromatic heterocycles. The highest BCUT2D eigenvalue weighted by Gasteiger charge is 2.16. The molecule has 0 saturated carbocycles. The lowest BCUT2D eigenvalue weighted by molar-refractivity contribution is 0.418. The summed E-state index contributed by atoms with van der Waals surface area (Å²) in [6, 6.07) is 18.4. The molecule has 0 saturated heterocycles. The Morgan fingerprint density at radius 3 is 1.71 bits per heavy atom. The summed E-state index contributed by atoms with van der Waals surface area (Å²) in [7, 11) is 0. The lowest BCUT2D eigenvalue weighted by atomic mass is 9.95. The molecule has 0 heterocycles. The first-order valence-electron chi connectivity index (χ1n) is 12.4. The van der Waals surface area contributed by atoms with Crippen LogP contribution in [-0.4, -0.2) is 0 Å². The molecule has 38 heavy (non-hydrogen) atoms. The number of allylic oxidation sites excluding steroid dienone is 1. The maximum Gasteiger partial charge on any atom is 0.266 e. The Hall–Kier alpha value is -3.80. The average molecular weight is 525 g/mol. The van der Waals surface area contributed by atoms with Gasteiger partial charge in [0.1, 0.15) is 23.3 Å². The first kappa shape index (κ1) is 27.2. The Morgan fingerprint density at radius 2 is 1.13 bits per heavy atom. The Kier molecular flexibility index (Phi) is 8.72. The molecule has 0 amide bonds. The zero-order valence-corrected chi connectivity index (χ0v) is 20.8. The standard InChI is InChI=1S/C32H26F6/c1-2-3-4-5-20-6-8-21(9-7-20)22-10-12-25(28(33)16-22)23-11-13-26(29(34)17-23)24-18-30(35)27(31(36)19-24)14-15-32(37)38/h6-13,15-19H,2-5,14H2,1H3. The second kappa shape index (κ2) is 12.2. The number of rotatable bonds is 9. The van der Waals surface area contributed by atoms with Gasteiger partial charge in [-0.3, -0.25) is 0 Å². The molecule has 6 heteroatoms. The molecule has 0 aliphatic heterocycles. The first-order valence-corrected chi connectivity index (χ1v) is 12.4. The topological polar surface area (TPSA) is 0 Å². The molecule has 0 nitrogen and oxygen atoms in total. The quantitative estimate of drug-likeness (QED) is 0.151. The molecule has 0 N–H and O–H groups in total. The van der Waals surface area contributed by atoms with Crippen molar-refractivity contribution in [3.8, 4) is 33.4 Å². The van der Waals surface area contributed by atoms with Crippen LogP contribution in [0.1, 0.15) is 37.3 Å². The Morgan fingerprint density at radius 1 is 0.605 bits per heavy atom. The molecule has 196 valence electrons. The second-order valence-corrected chi connectivity index (χ2v) is 9.16. The molecule has 0 fully saturated rings. The van der Waals surface area contributed by atoms with Gasteiger partial charge >= 0.3 is 0 Å². The van der Waals surface area contributed by atoms with Gasteiger partial charge in [-0.05, 0) is 71.0 Å². The van der Waals surface area contributed by atoms with Gasteiger partial charge in [0.2, 0.25) is 0 Å². The van der Waals surface area contributed by atoms with E-state index in [1.807, 2.05) is 24.3 Å². The normalized spacial score (nSPS) is 11.0. The van der Waals surface area contributed by atoms with Gasteiger partial charge in [-0.25, -0.2) is 17.6 Å². The third kappa shape index (κ3) is 6.36. The van der Waals surface area contributed by atoms with Crippen molar-refractivity contribution in [2.24, 2.45) is 0 Å². The van der Waals surface area contributed by atoms with Crippen LogP contribution < -0.4 is 0 Å². The van der Waals surface area contributed by atoms with Crippen LogP contribution in [0.3, 0.4) is 0 Å². The summed E-state index contributed by atoms with van der Waals surface area (Å²) in [6.45, 7) is 2.16. The van der Waals surface area contributed by atoms with E-state index in [1.165, 1.54) is 30.2 Å². The largest absolute Gasteiger partial charge is 0.266 e. The van der Waals surface area contributed by atoms with E-state index in [1.54, 1.807) is 12.1 Å². The Bertz CT molecular complexity index is 1430. The molecule has 0 aliphatic rings. The van der Waals surface area contributed by atoms with Crippen LogP contribution in [0.5, 0.6) is 0 Å². The minimum atomic E-state index is -2.05. The van der Waals surface area contributed by atoms with Crippen molar-refractivity contribution in [2.45, 2.75) is 39.0 Å². The monoisotopic (exact) mass is 524 g/mol. The fourth-order valence-corrected chi connectivity index (χ4v) is 4.42. The van der Waals surface area contributed by atoms with E-state index in [-0.39, 0.29) is 22.3 Å².